The predicted molar refractivity (Wildman–Crippen MR) is 111 cm³/mol. The molecule has 1 aromatic carbocycles. The topological polar surface area (TPSA) is 59.0 Å². The molecular formula is C22H24N4OS. The molecule has 2 atom stereocenters. The van der Waals surface area contributed by atoms with E-state index < -0.39 is 0 Å². The number of pyridine rings is 1. The van der Waals surface area contributed by atoms with Gasteiger partial charge in [-0.2, -0.15) is 0 Å². The molecule has 5 rings (SSSR count). The van der Waals surface area contributed by atoms with E-state index in [1.54, 1.807) is 11.3 Å². The summed E-state index contributed by atoms with van der Waals surface area (Å²) in [6.07, 6.45) is 8.65. The molecule has 2 aromatic heterocycles. The van der Waals surface area contributed by atoms with Gasteiger partial charge in [-0.05, 0) is 50.1 Å². The Labute approximate surface area is 168 Å². The Morgan fingerprint density at radius 1 is 1.11 bits per heavy atom. The highest BCUT2D eigenvalue weighted by Gasteiger charge is 2.37. The Kier molecular flexibility index (Phi) is 4.69. The Balaban J connectivity index is 1.33. The fourth-order valence-corrected chi connectivity index (χ4v) is 5.46. The van der Waals surface area contributed by atoms with Gasteiger partial charge in [-0.25, -0.2) is 0 Å². The summed E-state index contributed by atoms with van der Waals surface area (Å²) in [5.41, 5.74) is 1.92. The lowest BCUT2D eigenvalue weighted by molar-refractivity contribution is -0.120. The van der Waals surface area contributed by atoms with Crippen LogP contribution in [-0.4, -0.2) is 44.5 Å². The first-order chi connectivity index (χ1) is 13.7. The van der Waals surface area contributed by atoms with Gasteiger partial charge >= 0.3 is 0 Å². The number of nitrogens with zero attached hydrogens (tertiary/aromatic N) is 4. The number of carbonyl (C=O) groups excluding carboxylic acids is 1. The van der Waals surface area contributed by atoms with Crippen LogP contribution in [0.5, 0.6) is 0 Å². The lowest BCUT2D eigenvalue weighted by Crippen LogP contribution is -2.43. The molecule has 0 spiro atoms. The van der Waals surface area contributed by atoms with Crippen molar-refractivity contribution in [3.8, 4) is 10.6 Å². The van der Waals surface area contributed by atoms with Crippen LogP contribution >= 0.6 is 11.3 Å². The normalized spacial score (nSPS) is 22.0. The van der Waals surface area contributed by atoms with E-state index >= 15 is 0 Å². The molecule has 2 aliphatic rings. The molecule has 0 aliphatic carbocycles. The van der Waals surface area contributed by atoms with Crippen molar-refractivity contribution in [2.24, 2.45) is 0 Å². The largest absolute Gasteiger partial charge is 0.298 e. The van der Waals surface area contributed by atoms with Gasteiger partial charge in [0.05, 0.1) is 13.0 Å². The van der Waals surface area contributed by atoms with Gasteiger partial charge in [-0.15, -0.1) is 10.2 Å². The summed E-state index contributed by atoms with van der Waals surface area (Å²) in [6.45, 7) is 2.55. The summed E-state index contributed by atoms with van der Waals surface area (Å²) < 4.78 is 0. The molecule has 6 heteroatoms. The maximum absolute atomic E-state index is 12.7. The Bertz CT molecular complexity index is 1010. The van der Waals surface area contributed by atoms with E-state index in [-0.39, 0.29) is 5.78 Å². The molecule has 2 fully saturated rings. The van der Waals surface area contributed by atoms with Crippen LogP contribution in [0.15, 0.2) is 30.5 Å². The van der Waals surface area contributed by atoms with Crippen molar-refractivity contribution in [3.63, 3.8) is 0 Å². The SMILES string of the molecule is Cc1nnc(-c2ccc3cnc(CC(=O)CN4C5CCCC4CC5)cc3c2)s1. The van der Waals surface area contributed by atoms with Crippen LogP contribution in [0.25, 0.3) is 21.3 Å². The molecule has 4 heterocycles. The minimum atomic E-state index is 0.279. The fourth-order valence-electron chi connectivity index (χ4n) is 4.77. The molecule has 0 amide bonds. The number of hydrogen-bond donors (Lipinski definition) is 0. The number of benzene rings is 1. The number of aromatic nitrogens is 3. The molecule has 0 saturated carbocycles. The third-order valence-corrected chi connectivity index (χ3v) is 7.02. The standard InChI is InChI=1S/C22H24N4OS/c1-14-24-25-22(28-14)15-5-6-16-12-23-18(10-17(16)9-15)11-21(27)13-26-19-3-2-4-20(26)8-7-19/h5-6,9-10,12,19-20H,2-4,7-8,11,13H2,1H3. The van der Waals surface area contributed by atoms with Crippen molar-refractivity contribution >= 4 is 27.9 Å². The highest BCUT2D eigenvalue weighted by Crippen LogP contribution is 2.35. The minimum absolute atomic E-state index is 0.279. The zero-order chi connectivity index (χ0) is 19.1. The highest BCUT2D eigenvalue weighted by molar-refractivity contribution is 7.14. The second-order valence-electron chi connectivity index (χ2n) is 8.07. The van der Waals surface area contributed by atoms with Crippen LogP contribution in [-0.2, 0) is 11.2 Å². The van der Waals surface area contributed by atoms with Gasteiger partial charge in [0.15, 0.2) is 5.78 Å². The second kappa shape index (κ2) is 7.33. The number of carbonyl (C=O) groups is 1. The first-order valence-corrected chi connectivity index (χ1v) is 10.9. The summed E-state index contributed by atoms with van der Waals surface area (Å²) in [5, 5.41) is 12.4. The van der Waals surface area contributed by atoms with Gasteiger partial charge in [0.25, 0.3) is 0 Å². The van der Waals surface area contributed by atoms with Crippen molar-refractivity contribution in [3.05, 3.63) is 41.2 Å². The number of piperidine rings is 1. The van der Waals surface area contributed by atoms with E-state index in [0.717, 1.165) is 32.0 Å². The lowest BCUT2D eigenvalue weighted by Gasteiger charge is -2.34. The van der Waals surface area contributed by atoms with Crippen molar-refractivity contribution in [1.82, 2.24) is 20.1 Å². The first-order valence-electron chi connectivity index (χ1n) is 10.1. The third kappa shape index (κ3) is 3.47. The molecule has 5 nitrogen and oxygen atoms in total. The van der Waals surface area contributed by atoms with Gasteiger partial charge in [0.2, 0.25) is 0 Å². The van der Waals surface area contributed by atoms with Crippen molar-refractivity contribution in [2.45, 2.75) is 57.5 Å². The zero-order valence-corrected chi connectivity index (χ0v) is 16.9. The van der Waals surface area contributed by atoms with Crippen LogP contribution in [0.3, 0.4) is 0 Å². The molecule has 28 heavy (non-hydrogen) atoms. The summed E-state index contributed by atoms with van der Waals surface area (Å²) >= 11 is 1.59. The average Bonchev–Trinajstić information content (AvgIpc) is 3.20. The van der Waals surface area contributed by atoms with Crippen LogP contribution < -0.4 is 0 Å². The molecular weight excluding hydrogens is 368 g/mol. The van der Waals surface area contributed by atoms with Gasteiger partial charge in [-0.1, -0.05) is 29.9 Å². The number of ketones is 1. The molecule has 0 N–H and O–H groups in total. The first kappa shape index (κ1) is 17.9. The monoisotopic (exact) mass is 392 g/mol. The Morgan fingerprint density at radius 2 is 1.93 bits per heavy atom. The Morgan fingerprint density at radius 3 is 2.68 bits per heavy atom. The predicted octanol–water partition coefficient (Wildman–Crippen LogP) is 4.19. The lowest BCUT2D eigenvalue weighted by atomic mass is 10.0. The number of Topliss-reactive ketones (excluding diaryl/α,β-unsaturated/α-hetero) is 1. The summed E-state index contributed by atoms with van der Waals surface area (Å²) in [7, 11) is 0. The van der Waals surface area contributed by atoms with Crippen LogP contribution in [0.2, 0.25) is 0 Å². The van der Waals surface area contributed by atoms with Crippen molar-refractivity contribution in [1.29, 1.82) is 0 Å². The third-order valence-electron chi connectivity index (χ3n) is 6.13. The fraction of sp³-hybridized carbons (Fsp3) is 0.455. The van der Waals surface area contributed by atoms with Crippen molar-refractivity contribution in [2.75, 3.05) is 6.54 Å². The highest BCUT2D eigenvalue weighted by atomic mass is 32.1. The molecule has 144 valence electrons. The number of fused-ring (bicyclic) bond motifs is 3. The molecule has 2 unspecified atom stereocenters. The van der Waals surface area contributed by atoms with E-state index in [1.807, 2.05) is 13.1 Å². The molecule has 2 aliphatic heterocycles. The molecule has 2 bridgehead atoms. The van der Waals surface area contributed by atoms with Crippen molar-refractivity contribution < 1.29 is 4.79 Å². The maximum atomic E-state index is 12.7. The molecule has 3 aromatic rings. The summed E-state index contributed by atoms with van der Waals surface area (Å²) in [6, 6.07) is 9.55. The van der Waals surface area contributed by atoms with Crippen LogP contribution in [0.1, 0.15) is 42.8 Å². The zero-order valence-electron chi connectivity index (χ0n) is 16.1. The Hall–Kier alpha value is -2.18. The number of aryl methyl sites for hydroxylation is 1. The maximum Gasteiger partial charge on any atom is 0.152 e. The van der Waals surface area contributed by atoms with Gasteiger partial charge < -0.3 is 0 Å². The smallest absolute Gasteiger partial charge is 0.152 e. The second-order valence-corrected chi connectivity index (χ2v) is 9.25. The average molecular weight is 393 g/mol. The molecule has 0 radical (unpaired) electrons. The van der Waals surface area contributed by atoms with E-state index in [0.29, 0.717) is 25.0 Å². The van der Waals surface area contributed by atoms with Gasteiger partial charge in [0, 0.05) is 34.9 Å². The summed E-state index contributed by atoms with van der Waals surface area (Å²) in [5.74, 6) is 0.279. The molecule has 2 saturated heterocycles. The van der Waals surface area contributed by atoms with Crippen LogP contribution in [0.4, 0.5) is 0 Å². The quantitative estimate of drug-likeness (QED) is 0.652. The van der Waals surface area contributed by atoms with Gasteiger partial charge in [0.1, 0.15) is 10.0 Å². The number of rotatable bonds is 5. The van der Waals surface area contributed by atoms with E-state index in [4.69, 9.17) is 0 Å². The minimum Gasteiger partial charge on any atom is -0.298 e. The van der Waals surface area contributed by atoms with Gasteiger partial charge in [-0.3, -0.25) is 14.7 Å². The van der Waals surface area contributed by atoms with Crippen LogP contribution in [0, 0.1) is 6.92 Å². The van der Waals surface area contributed by atoms with E-state index in [1.165, 1.54) is 32.1 Å². The summed E-state index contributed by atoms with van der Waals surface area (Å²) in [4.78, 5) is 19.7. The van der Waals surface area contributed by atoms with E-state index in [2.05, 4.69) is 44.3 Å². The number of hydrogen-bond acceptors (Lipinski definition) is 6. The van der Waals surface area contributed by atoms with E-state index in [9.17, 15) is 4.79 Å².